The van der Waals surface area contributed by atoms with Crippen LogP contribution in [-0.2, 0) is 6.42 Å². The summed E-state index contributed by atoms with van der Waals surface area (Å²) in [6, 6.07) is 1.38. The lowest BCUT2D eigenvalue weighted by Gasteiger charge is -2.03. The topological polar surface area (TPSA) is 75.1 Å². The number of nitrogens with zero attached hydrogens (tertiary/aromatic N) is 2. The second-order valence-corrected chi connectivity index (χ2v) is 4.76. The standard InChI is InChI=1S/C12H13N3O2S/c1-8-7-18-11(15-8)2-3-14-12(17)9-4-10(16)6-13-5-9/h4-7,16H,2-3H2,1H3,(H,14,17). The molecule has 0 fully saturated rings. The summed E-state index contributed by atoms with van der Waals surface area (Å²) in [7, 11) is 0. The predicted octanol–water partition coefficient (Wildman–Crippen LogP) is 1.52. The van der Waals surface area contributed by atoms with Gasteiger partial charge in [0.25, 0.3) is 5.91 Å². The molecule has 2 rings (SSSR count). The average Bonchev–Trinajstić information content (AvgIpc) is 2.75. The highest BCUT2D eigenvalue weighted by molar-refractivity contribution is 7.09. The minimum atomic E-state index is -0.244. The maximum absolute atomic E-state index is 11.7. The Balaban J connectivity index is 1.85. The maximum Gasteiger partial charge on any atom is 0.252 e. The molecule has 18 heavy (non-hydrogen) atoms. The number of hydrogen-bond acceptors (Lipinski definition) is 5. The first kappa shape index (κ1) is 12.5. The van der Waals surface area contributed by atoms with Gasteiger partial charge in [0.1, 0.15) is 5.75 Å². The van der Waals surface area contributed by atoms with Crippen LogP contribution in [0.25, 0.3) is 0 Å². The Morgan fingerprint density at radius 3 is 3.00 bits per heavy atom. The van der Waals surface area contributed by atoms with Gasteiger partial charge in [-0.15, -0.1) is 11.3 Å². The molecule has 6 heteroatoms. The molecule has 0 aliphatic carbocycles. The van der Waals surface area contributed by atoms with Gasteiger partial charge >= 0.3 is 0 Å². The van der Waals surface area contributed by atoms with E-state index in [1.807, 2.05) is 12.3 Å². The number of aromatic hydroxyl groups is 1. The van der Waals surface area contributed by atoms with Crippen LogP contribution >= 0.6 is 11.3 Å². The third-order valence-electron chi connectivity index (χ3n) is 2.28. The summed E-state index contributed by atoms with van der Waals surface area (Å²) in [5, 5.41) is 15.0. The molecular formula is C12H13N3O2S. The molecule has 0 radical (unpaired) electrons. The summed E-state index contributed by atoms with van der Waals surface area (Å²) in [5.74, 6) is -0.259. The van der Waals surface area contributed by atoms with E-state index < -0.39 is 0 Å². The molecule has 0 bridgehead atoms. The number of thiazole rings is 1. The van der Waals surface area contributed by atoms with Crippen LogP contribution in [0.3, 0.4) is 0 Å². The van der Waals surface area contributed by atoms with Crippen molar-refractivity contribution in [3.63, 3.8) is 0 Å². The van der Waals surface area contributed by atoms with Crippen LogP contribution in [0.1, 0.15) is 21.1 Å². The van der Waals surface area contributed by atoms with Crippen LogP contribution in [0.2, 0.25) is 0 Å². The van der Waals surface area contributed by atoms with Gasteiger partial charge in [0.05, 0.1) is 16.8 Å². The SMILES string of the molecule is Cc1csc(CCNC(=O)c2cncc(O)c2)n1. The van der Waals surface area contributed by atoms with E-state index in [1.165, 1.54) is 18.5 Å². The first-order valence-corrected chi connectivity index (χ1v) is 6.36. The zero-order valence-corrected chi connectivity index (χ0v) is 10.7. The number of aryl methyl sites for hydroxylation is 1. The van der Waals surface area contributed by atoms with Gasteiger partial charge in [0.2, 0.25) is 0 Å². The highest BCUT2D eigenvalue weighted by Crippen LogP contribution is 2.10. The van der Waals surface area contributed by atoms with Crippen LogP contribution in [0.15, 0.2) is 23.8 Å². The number of rotatable bonds is 4. The Morgan fingerprint density at radius 1 is 1.50 bits per heavy atom. The van der Waals surface area contributed by atoms with E-state index >= 15 is 0 Å². The van der Waals surface area contributed by atoms with E-state index in [0.29, 0.717) is 18.5 Å². The second-order valence-electron chi connectivity index (χ2n) is 3.82. The van der Waals surface area contributed by atoms with Gasteiger partial charge in [-0.05, 0) is 13.0 Å². The Bertz CT molecular complexity index is 554. The summed E-state index contributed by atoms with van der Waals surface area (Å²) in [4.78, 5) is 19.8. The van der Waals surface area contributed by atoms with E-state index in [4.69, 9.17) is 0 Å². The molecule has 0 saturated carbocycles. The number of amides is 1. The Labute approximate surface area is 109 Å². The van der Waals surface area contributed by atoms with Gasteiger partial charge in [-0.3, -0.25) is 9.78 Å². The van der Waals surface area contributed by atoms with Crippen molar-refractivity contribution in [2.75, 3.05) is 6.54 Å². The van der Waals surface area contributed by atoms with E-state index in [-0.39, 0.29) is 11.7 Å². The van der Waals surface area contributed by atoms with Gasteiger partial charge in [-0.2, -0.15) is 0 Å². The monoisotopic (exact) mass is 263 g/mol. The molecule has 1 amide bonds. The van der Waals surface area contributed by atoms with E-state index in [2.05, 4.69) is 15.3 Å². The molecule has 2 aromatic heterocycles. The Kier molecular flexibility index (Phi) is 3.88. The van der Waals surface area contributed by atoms with Crippen molar-refractivity contribution in [3.05, 3.63) is 40.1 Å². The van der Waals surface area contributed by atoms with Crippen molar-refractivity contribution in [2.24, 2.45) is 0 Å². The minimum Gasteiger partial charge on any atom is -0.506 e. The minimum absolute atomic E-state index is 0.0156. The number of hydrogen-bond donors (Lipinski definition) is 2. The zero-order valence-electron chi connectivity index (χ0n) is 9.88. The van der Waals surface area contributed by atoms with Crippen molar-refractivity contribution in [2.45, 2.75) is 13.3 Å². The maximum atomic E-state index is 11.7. The molecule has 2 N–H and O–H groups in total. The lowest BCUT2D eigenvalue weighted by Crippen LogP contribution is -2.25. The summed E-state index contributed by atoms with van der Waals surface area (Å²) in [6.07, 6.45) is 3.41. The summed E-state index contributed by atoms with van der Waals surface area (Å²) < 4.78 is 0. The van der Waals surface area contributed by atoms with Gasteiger partial charge < -0.3 is 10.4 Å². The fourth-order valence-electron chi connectivity index (χ4n) is 1.45. The number of pyridine rings is 1. The second kappa shape index (κ2) is 5.59. The fourth-order valence-corrected chi connectivity index (χ4v) is 2.23. The van der Waals surface area contributed by atoms with Crippen molar-refractivity contribution < 1.29 is 9.90 Å². The molecule has 0 saturated heterocycles. The molecule has 94 valence electrons. The molecule has 2 heterocycles. The summed E-state index contributed by atoms with van der Waals surface area (Å²) in [5.41, 5.74) is 1.35. The smallest absolute Gasteiger partial charge is 0.252 e. The quantitative estimate of drug-likeness (QED) is 0.877. The van der Waals surface area contributed by atoms with Crippen LogP contribution in [0.4, 0.5) is 0 Å². The highest BCUT2D eigenvalue weighted by Gasteiger charge is 2.06. The summed E-state index contributed by atoms with van der Waals surface area (Å²) in [6.45, 7) is 2.46. The molecular weight excluding hydrogens is 250 g/mol. The van der Waals surface area contributed by atoms with Crippen molar-refractivity contribution in [1.82, 2.24) is 15.3 Å². The molecule has 0 spiro atoms. The molecule has 0 aromatic carbocycles. The molecule has 2 aromatic rings. The largest absolute Gasteiger partial charge is 0.506 e. The molecule has 0 atom stereocenters. The zero-order chi connectivity index (χ0) is 13.0. The normalized spacial score (nSPS) is 10.3. The van der Waals surface area contributed by atoms with Crippen molar-refractivity contribution in [3.8, 4) is 5.75 Å². The first-order chi connectivity index (χ1) is 8.65. The van der Waals surface area contributed by atoms with Crippen LogP contribution < -0.4 is 5.32 Å². The predicted molar refractivity (Wildman–Crippen MR) is 68.8 cm³/mol. The summed E-state index contributed by atoms with van der Waals surface area (Å²) >= 11 is 1.58. The van der Waals surface area contributed by atoms with Crippen LogP contribution in [-0.4, -0.2) is 27.5 Å². The lowest BCUT2D eigenvalue weighted by atomic mass is 10.2. The van der Waals surface area contributed by atoms with Gasteiger partial charge in [0.15, 0.2) is 0 Å². The number of nitrogens with one attached hydrogen (secondary N) is 1. The molecule has 0 aliphatic heterocycles. The van der Waals surface area contributed by atoms with Crippen molar-refractivity contribution in [1.29, 1.82) is 0 Å². The van der Waals surface area contributed by atoms with E-state index in [9.17, 15) is 9.90 Å². The van der Waals surface area contributed by atoms with Gasteiger partial charge in [0, 0.05) is 30.2 Å². The third kappa shape index (κ3) is 3.27. The van der Waals surface area contributed by atoms with Crippen LogP contribution in [0.5, 0.6) is 5.75 Å². The Hall–Kier alpha value is -1.95. The molecule has 5 nitrogen and oxygen atoms in total. The highest BCUT2D eigenvalue weighted by atomic mass is 32.1. The van der Waals surface area contributed by atoms with Crippen LogP contribution in [0, 0.1) is 6.92 Å². The Morgan fingerprint density at radius 2 is 2.33 bits per heavy atom. The average molecular weight is 263 g/mol. The number of carbonyl (C=O) groups excluding carboxylic acids is 1. The molecule has 0 unspecified atom stereocenters. The van der Waals surface area contributed by atoms with Crippen molar-refractivity contribution >= 4 is 17.2 Å². The van der Waals surface area contributed by atoms with E-state index in [1.54, 1.807) is 11.3 Å². The fraction of sp³-hybridized carbons (Fsp3) is 0.250. The lowest BCUT2D eigenvalue weighted by molar-refractivity contribution is 0.0953. The third-order valence-corrected chi connectivity index (χ3v) is 3.30. The first-order valence-electron chi connectivity index (χ1n) is 5.48. The number of aromatic nitrogens is 2. The van der Waals surface area contributed by atoms with E-state index in [0.717, 1.165) is 10.7 Å². The molecule has 0 aliphatic rings. The van der Waals surface area contributed by atoms with Gasteiger partial charge in [-0.1, -0.05) is 0 Å². The number of carbonyl (C=O) groups is 1. The van der Waals surface area contributed by atoms with Gasteiger partial charge in [-0.25, -0.2) is 4.98 Å².